The normalized spacial score (nSPS) is 17.6. The first-order chi connectivity index (χ1) is 12.1. The Kier molecular flexibility index (Phi) is 5.31. The molecule has 7 nitrogen and oxygen atoms in total. The number of aryl methyl sites for hydroxylation is 1. The first-order valence-electron chi connectivity index (χ1n) is 8.92. The molecule has 1 amide bonds. The third kappa shape index (κ3) is 3.81. The number of likely N-dealkylation sites (tertiary alicyclic amines) is 1. The molecular weight excluding hydrogens is 318 g/mol. The number of hydrogen-bond donors (Lipinski definition) is 0. The molecule has 2 aromatic rings. The Morgan fingerprint density at radius 1 is 1.36 bits per heavy atom. The van der Waals surface area contributed by atoms with E-state index in [2.05, 4.69) is 33.9 Å². The van der Waals surface area contributed by atoms with Crippen molar-refractivity contribution in [1.82, 2.24) is 20.0 Å². The first-order valence-corrected chi connectivity index (χ1v) is 8.92. The van der Waals surface area contributed by atoms with Crippen LogP contribution in [0.3, 0.4) is 0 Å². The van der Waals surface area contributed by atoms with Gasteiger partial charge in [-0.2, -0.15) is 4.98 Å². The molecule has 1 saturated heterocycles. The van der Waals surface area contributed by atoms with Crippen LogP contribution in [0.4, 0.5) is 5.82 Å². The molecule has 7 heteroatoms. The lowest BCUT2D eigenvalue weighted by molar-refractivity contribution is 0.0695. The lowest BCUT2D eigenvalue weighted by Gasteiger charge is -2.31. The van der Waals surface area contributed by atoms with E-state index in [1.807, 2.05) is 24.0 Å². The molecule has 0 bridgehead atoms. The van der Waals surface area contributed by atoms with Gasteiger partial charge in [-0.3, -0.25) is 4.79 Å². The molecule has 0 aliphatic carbocycles. The SMILES string of the molecule is CCN(CC)c1ccc(C(=O)N2CCC[C@H](c3nc(C)no3)C2)cn1. The van der Waals surface area contributed by atoms with E-state index in [1.54, 1.807) is 6.20 Å². The van der Waals surface area contributed by atoms with Crippen molar-refractivity contribution in [3.8, 4) is 0 Å². The maximum atomic E-state index is 12.8. The number of hydrogen-bond acceptors (Lipinski definition) is 6. The number of amides is 1. The number of nitrogens with zero attached hydrogens (tertiary/aromatic N) is 5. The predicted octanol–water partition coefficient (Wildman–Crippen LogP) is 2.64. The Labute approximate surface area is 148 Å². The van der Waals surface area contributed by atoms with E-state index in [9.17, 15) is 4.79 Å². The highest BCUT2D eigenvalue weighted by Crippen LogP contribution is 2.26. The third-order valence-corrected chi connectivity index (χ3v) is 4.68. The van der Waals surface area contributed by atoms with Crippen molar-refractivity contribution in [2.24, 2.45) is 0 Å². The zero-order valence-electron chi connectivity index (χ0n) is 15.1. The standard InChI is InChI=1S/C18H25N5O2/c1-4-22(5-2)16-9-8-14(11-19-16)18(24)23-10-6-7-15(12-23)17-20-13(3)21-25-17/h8-9,11,15H,4-7,10,12H2,1-3H3/t15-/m0/s1. The molecule has 3 rings (SSSR count). The number of aromatic nitrogens is 3. The second kappa shape index (κ2) is 7.63. The van der Waals surface area contributed by atoms with Gasteiger partial charge in [0.2, 0.25) is 5.89 Å². The number of pyridine rings is 1. The summed E-state index contributed by atoms with van der Waals surface area (Å²) in [6.07, 6.45) is 3.57. The molecule has 0 unspecified atom stereocenters. The minimum Gasteiger partial charge on any atom is -0.357 e. The summed E-state index contributed by atoms with van der Waals surface area (Å²) in [4.78, 5) is 25.6. The molecule has 3 heterocycles. The van der Waals surface area contributed by atoms with Crippen molar-refractivity contribution in [2.45, 2.75) is 39.5 Å². The van der Waals surface area contributed by atoms with Gasteiger partial charge in [-0.15, -0.1) is 0 Å². The minimum atomic E-state index is 0.0135. The van der Waals surface area contributed by atoms with Crippen LogP contribution < -0.4 is 4.90 Å². The molecule has 25 heavy (non-hydrogen) atoms. The van der Waals surface area contributed by atoms with E-state index in [-0.39, 0.29) is 11.8 Å². The molecule has 0 N–H and O–H groups in total. The molecule has 1 aliphatic rings. The van der Waals surface area contributed by atoms with E-state index in [1.165, 1.54) is 0 Å². The fourth-order valence-corrected chi connectivity index (χ4v) is 3.27. The Bertz CT molecular complexity index is 709. The average Bonchev–Trinajstić information content (AvgIpc) is 3.09. The van der Waals surface area contributed by atoms with Crippen molar-refractivity contribution < 1.29 is 9.32 Å². The average molecular weight is 343 g/mol. The van der Waals surface area contributed by atoms with Gasteiger partial charge in [-0.05, 0) is 45.7 Å². The van der Waals surface area contributed by atoms with Gasteiger partial charge < -0.3 is 14.3 Å². The second-order valence-corrected chi connectivity index (χ2v) is 6.35. The first kappa shape index (κ1) is 17.4. The van der Waals surface area contributed by atoms with Gasteiger partial charge in [0.1, 0.15) is 5.82 Å². The van der Waals surface area contributed by atoms with Crippen molar-refractivity contribution in [2.75, 3.05) is 31.1 Å². The quantitative estimate of drug-likeness (QED) is 0.831. The molecular formula is C18H25N5O2. The number of carbonyl (C=O) groups is 1. The summed E-state index contributed by atoms with van der Waals surface area (Å²) in [5, 5.41) is 3.86. The number of rotatable bonds is 5. The van der Waals surface area contributed by atoms with E-state index in [0.717, 1.165) is 38.3 Å². The molecule has 0 saturated carbocycles. The van der Waals surface area contributed by atoms with Gasteiger partial charge in [-0.1, -0.05) is 5.16 Å². The van der Waals surface area contributed by atoms with Crippen LogP contribution in [0.1, 0.15) is 54.7 Å². The zero-order chi connectivity index (χ0) is 17.8. The molecule has 1 fully saturated rings. The maximum Gasteiger partial charge on any atom is 0.255 e. The highest BCUT2D eigenvalue weighted by atomic mass is 16.5. The molecule has 134 valence electrons. The van der Waals surface area contributed by atoms with Crippen molar-refractivity contribution in [3.63, 3.8) is 0 Å². The number of carbonyl (C=O) groups excluding carboxylic acids is 1. The molecule has 0 aromatic carbocycles. The lowest BCUT2D eigenvalue weighted by atomic mass is 9.97. The molecule has 1 atom stereocenters. The molecule has 2 aromatic heterocycles. The lowest BCUT2D eigenvalue weighted by Crippen LogP contribution is -2.39. The molecule has 0 radical (unpaired) electrons. The fraction of sp³-hybridized carbons (Fsp3) is 0.556. The van der Waals surface area contributed by atoms with Gasteiger partial charge in [-0.25, -0.2) is 4.98 Å². The second-order valence-electron chi connectivity index (χ2n) is 6.35. The number of anilines is 1. The van der Waals surface area contributed by atoms with Crippen LogP contribution in [0.2, 0.25) is 0 Å². The summed E-state index contributed by atoms with van der Waals surface area (Å²) >= 11 is 0. The summed E-state index contributed by atoms with van der Waals surface area (Å²) in [6, 6.07) is 3.78. The zero-order valence-corrected chi connectivity index (χ0v) is 15.1. The van der Waals surface area contributed by atoms with Crippen LogP contribution in [0, 0.1) is 6.92 Å². The topological polar surface area (TPSA) is 75.4 Å². The van der Waals surface area contributed by atoms with Crippen LogP contribution in [0.5, 0.6) is 0 Å². The Balaban J connectivity index is 1.69. The van der Waals surface area contributed by atoms with Gasteiger partial charge >= 0.3 is 0 Å². The monoisotopic (exact) mass is 343 g/mol. The maximum absolute atomic E-state index is 12.8. The molecule has 1 aliphatic heterocycles. The Morgan fingerprint density at radius 2 is 2.16 bits per heavy atom. The number of piperidine rings is 1. The van der Waals surface area contributed by atoms with E-state index in [4.69, 9.17) is 4.52 Å². The van der Waals surface area contributed by atoms with Gasteiger partial charge in [0.25, 0.3) is 5.91 Å². The largest absolute Gasteiger partial charge is 0.357 e. The van der Waals surface area contributed by atoms with E-state index >= 15 is 0 Å². The summed E-state index contributed by atoms with van der Waals surface area (Å²) in [6.45, 7) is 9.15. The van der Waals surface area contributed by atoms with Gasteiger partial charge in [0, 0.05) is 32.4 Å². The summed E-state index contributed by atoms with van der Waals surface area (Å²) in [5.74, 6) is 2.29. The Morgan fingerprint density at radius 3 is 2.76 bits per heavy atom. The van der Waals surface area contributed by atoms with Crippen molar-refractivity contribution in [3.05, 3.63) is 35.6 Å². The van der Waals surface area contributed by atoms with Gasteiger partial charge in [0.15, 0.2) is 5.82 Å². The third-order valence-electron chi connectivity index (χ3n) is 4.68. The van der Waals surface area contributed by atoms with Crippen LogP contribution in [0.25, 0.3) is 0 Å². The smallest absolute Gasteiger partial charge is 0.255 e. The summed E-state index contributed by atoms with van der Waals surface area (Å²) in [5.41, 5.74) is 0.623. The van der Waals surface area contributed by atoms with Crippen LogP contribution in [-0.2, 0) is 0 Å². The summed E-state index contributed by atoms with van der Waals surface area (Å²) in [7, 11) is 0. The highest BCUT2D eigenvalue weighted by molar-refractivity contribution is 5.94. The fourth-order valence-electron chi connectivity index (χ4n) is 3.27. The Hall–Kier alpha value is -2.44. The van der Waals surface area contributed by atoms with Gasteiger partial charge in [0.05, 0.1) is 11.5 Å². The van der Waals surface area contributed by atoms with Crippen molar-refractivity contribution >= 4 is 11.7 Å². The van der Waals surface area contributed by atoms with E-state index < -0.39 is 0 Å². The minimum absolute atomic E-state index is 0.0135. The van der Waals surface area contributed by atoms with Crippen LogP contribution in [-0.4, -0.2) is 52.1 Å². The highest BCUT2D eigenvalue weighted by Gasteiger charge is 2.29. The predicted molar refractivity (Wildman–Crippen MR) is 94.7 cm³/mol. The van der Waals surface area contributed by atoms with E-state index in [0.29, 0.717) is 23.8 Å². The van der Waals surface area contributed by atoms with Crippen molar-refractivity contribution in [1.29, 1.82) is 0 Å². The summed E-state index contributed by atoms with van der Waals surface area (Å²) < 4.78 is 5.29. The molecule has 0 spiro atoms. The van der Waals surface area contributed by atoms with Crippen LogP contribution >= 0.6 is 0 Å². The van der Waals surface area contributed by atoms with Crippen LogP contribution in [0.15, 0.2) is 22.9 Å².